The molecule has 0 aromatic rings. The molecule has 0 heterocycles. The molecular formula is C16H32O2Si. The standard InChI is InChI=1S/C16H32O2Si/c1-15(2,3)19(5,6)18-13-7-10-16(4)11-8-14(17)9-12-16/h8,11,14,17H,7,9-10,12-13H2,1-6H3/t14-,16-/m1/s1. The molecule has 3 heteroatoms. The Hall–Kier alpha value is -0.123. The molecule has 19 heavy (non-hydrogen) atoms. The van der Waals surface area contributed by atoms with Crippen LogP contribution in [0.3, 0.4) is 0 Å². The van der Waals surface area contributed by atoms with E-state index in [4.69, 9.17) is 4.43 Å². The van der Waals surface area contributed by atoms with E-state index in [-0.39, 0.29) is 11.5 Å². The van der Waals surface area contributed by atoms with E-state index < -0.39 is 8.32 Å². The minimum atomic E-state index is -1.58. The van der Waals surface area contributed by atoms with Crippen molar-refractivity contribution in [1.29, 1.82) is 0 Å². The first kappa shape index (κ1) is 16.9. The largest absolute Gasteiger partial charge is 0.417 e. The molecule has 0 amide bonds. The van der Waals surface area contributed by atoms with Crippen molar-refractivity contribution in [3.05, 3.63) is 12.2 Å². The Labute approximate surface area is 120 Å². The highest BCUT2D eigenvalue weighted by atomic mass is 28.4. The third-order valence-electron chi connectivity index (χ3n) is 4.89. The first-order valence-electron chi connectivity index (χ1n) is 7.57. The fourth-order valence-corrected chi connectivity index (χ4v) is 3.32. The van der Waals surface area contributed by atoms with Crippen molar-refractivity contribution in [2.75, 3.05) is 6.61 Å². The van der Waals surface area contributed by atoms with Crippen LogP contribution in [0.2, 0.25) is 18.1 Å². The molecule has 1 N–H and O–H groups in total. The Morgan fingerprint density at radius 2 is 2.00 bits per heavy atom. The van der Waals surface area contributed by atoms with E-state index in [1.54, 1.807) is 0 Å². The Kier molecular flexibility index (Phi) is 5.44. The molecule has 0 aliphatic heterocycles. The molecule has 0 fully saturated rings. The van der Waals surface area contributed by atoms with Crippen LogP contribution in [0.5, 0.6) is 0 Å². The van der Waals surface area contributed by atoms with Gasteiger partial charge in [-0.25, -0.2) is 0 Å². The van der Waals surface area contributed by atoms with Gasteiger partial charge in [0.05, 0.1) is 6.10 Å². The molecule has 1 rings (SSSR count). The fraction of sp³-hybridized carbons (Fsp3) is 0.875. The zero-order valence-electron chi connectivity index (χ0n) is 13.6. The molecule has 0 aromatic heterocycles. The summed E-state index contributed by atoms with van der Waals surface area (Å²) in [6, 6.07) is 0. The quantitative estimate of drug-likeness (QED) is 0.457. The maximum absolute atomic E-state index is 9.50. The second kappa shape index (κ2) is 6.11. The average molecular weight is 285 g/mol. The van der Waals surface area contributed by atoms with E-state index in [1.807, 2.05) is 6.08 Å². The highest BCUT2D eigenvalue weighted by Crippen LogP contribution is 2.38. The Bertz CT molecular complexity index is 317. The van der Waals surface area contributed by atoms with Crippen LogP contribution in [0, 0.1) is 5.41 Å². The Morgan fingerprint density at radius 1 is 1.37 bits per heavy atom. The zero-order chi connectivity index (χ0) is 14.7. The lowest BCUT2D eigenvalue weighted by molar-refractivity contribution is 0.166. The van der Waals surface area contributed by atoms with E-state index in [0.29, 0.717) is 5.04 Å². The summed E-state index contributed by atoms with van der Waals surface area (Å²) >= 11 is 0. The smallest absolute Gasteiger partial charge is 0.191 e. The van der Waals surface area contributed by atoms with Crippen molar-refractivity contribution in [3.8, 4) is 0 Å². The van der Waals surface area contributed by atoms with Crippen LogP contribution in [-0.2, 0) is 4.43 Å². The van der Waals surface area contributed by atoms with Crippen molar-refractivity contribution in [1.82, 2.24) is 0 Å². The van der Waals surface area contributed by atoms with Gasteiger partial charge in [-0.3, -0.25) is 0 Å². The van der Waals surface area contributed by atoms with E-state index in [1.165, 1.54) is 0 Å². The summed E-state index contributed by atoms with van der Waals surface area (Å²) in [6.07, 6.45) is 8.19. The van der Waals surface area contributed by atoms with Crippen LogP contribution >= 0.6 is 0 Å². The summed E-state index contributed by atoms with van der Waals surface area (Å²) < 4.78 is 6.22. The van der Waals surface area contributed by atoms with Crippen LogP contribution in [-0.4, -0.2) is 26.1 Å². The van der Waals surface area contributed by atoms with E-state index in [0.717, 1.165) is 32.3 Å². The lowest BCUT2D eigenvalue weighted by Gasteiger charge is -2.37. The Morgan fingerprint density at radius 3 is 2.47 bits per heavy atom. The van der Waals surface area contributed by atoms with Crippen molar-refractivity contribution >= 4 is 8.32 Å². The molecule has 1 aliphatic carbocycles. The molecule has 0 radical (unpaired) electrons. The molecular weight excluding hydrogens is 252 g/mol. The highest BCUT2D eigenvalue weighted by molar-refractivity contribution is 6.74. The fourth-order valence-electron chi connectivity index (χ4n) is 2.23. The van der Waals surface area contributed by atoms with Gasteiger partial charge in [-0.15, -0.1) is 0 Å². The average Bonchev–Trinajstić information content (AvgIpc) is 2.28. The lowest BCUT2D eigenvalue weighted by Crippen LogP contribution is -2.41. The van der Waals surface area contributed by atoms with Crippen molar-refractivity contribution in [2.24, 2.45) is 5.41 Å². The maximum Gasteiger partial charge on any atom is 0.191 e. The third-order valence-corrected chi connectivity index (χ3v) is 9.43. The molecule has 0 saturated heterocycles. The SMILES string of the molecule is CC(C)(C)[Si](C)(C)OCCC[C@]1(C)C=C[C@@H](O)CC1. The summed E-state index contributed by atoms with van der Waals surface area (Å²) in [5.41, 5.74) is 0.260. The van der Waals surface area contributed by atoms with Crippen LogP contribution in [0.15, 0.2) is 12.2 Å². The van der Waals surface area contributed by atoms with Crippen molar-refractivity contribution in [2.45, 2.75) is 77.6 Å². The molecule has 2 atom stereocenters. The normalized spacial score (nSPS) is 28.7. The summed E-state index contributed by atoms with van der Waals surface area (Å²) in [7, 11) is -1.58. The predicted octanol–water partition coefficient (Wildman–Crippen LogP) is 4.51. The van der Waals surface area contributed by atoms with E-state index in [9.17, 15) is 5.11 Å². The zero-order valence-corrected chi connectivity index (χ0v) is 14.6. The van der Waals surface area contributed by atoms with Gasteiger partial charge in [0.15, 0.2) is 8.32 Å². The number of hydrogen-bond acceptors (Lipinski definition) is 2. The van der Waals surface area contributed by atoms with Crippen LogP contribution in [0.1, 0.15) is 53.4 Å². The number of rotatable bonds is 5. The number of aliphatic hydroxyl groups excluding tert-OH is 1. The second-order valence-electron chi connectivity index (χ2n) is 7.83. The lowest BCUT2D eigenvalue weighted by atomic mass is 9.77. The topological polar surface area (TPSA) is 29.5 Å². The van der Waals surface area contributed by atoms with Crippen molar-refractivity contribution in [3.63, 3.8) is 0 Å². The number of allylic oxidation sites excluding steroid dienone is 1. The third kappa shape index (κ3) is 5.05. The summed E-state index contributed by atoms with van der Waals surface area (Å²) in [6.45, 7) is 14.6. The van der Waals surface area contributed by atoms with Crippen molar-refractivity contribution < 1.29 is 9.53 Å². The number of hydrogen-bond donors (Lipinski definition) is 1. The molecule has 2 nitrogen and oxygen atoms in total. The summed E-state index contributed by atoms with van der Waals surface area (Å²) in [5, 5.41) is 9.80. The van der Waals surface area contributed by atoms with Gasteiger partial charge in [-0.2, -0.15) is 0 Å². The molecule has 112 valence electrons. The first-order chi connectivity index (χ1) is 8.56. The molecule has 0 aromatic carbocycles. The van der Waals surface area contributed by atoms with Gasteiger partial charge in [0.2, 0.25) is 0 Å². The van der Waals surface area contributed by atoms with E-state index >= 15 is 0 Å². The van der Waals surface area contributed by atoms with Gasteiger partial charge < -0.3 is 9.53 Å². The van der Waals surface area contributed by atoms with Gasteiger partial charge in [-0.1, -0.05) is 39.8 Å². The van der Waals surface area contributed by atoms with Gasteiger partial charge >= 0.3 is 0 Å². The monoisotopic (exact) mass is 284 g/mol. The summed E-state index contributed by atoms with van der Waals surface area (Å²) in [5.74, 6) is 0. The minimum Gasteiger partial charge on any atom is -0.417 e. The van der Waals surface area contributed by atoms with E-state index in [2.05, 4.69) is 46.9 Å². The predicted molar refractivity (Wildman–Crippen MR) is 84.9 cm³/mol. The molecule has 0 unspecified atom stereocenters. The van der Waals surface area contributed by atoms with Gasteiger partial charge in [0.1, 0.15) is 0 Å². The van der Waals surface area contributed by atoms with Gasteiger partial charge in [0, 0.05) is 6.61 Å². The minimum absolute atomic E-state index is 0.225. The summed E-state index contributed by atoms with van der Waals surface area (Å²) in [4.78, 5) is 0. The molecule has 1 aliphatic rings. The van der Waals surface area contributed by atoms with Gasteiger partial charge in [-0.05, 0) is 49.2 Å². The maximum atomic E-state index is 9.50. The molecule has 0 saturated carbocycles. The van der Waals surface area contributed by atoms with Crippen LogP contribution in [0.4, 0.5) is 0 Å². The molecule has 0 spiro atoms. The van der Waals surface area contributed by atoms with Gasteiger partial charge in [0.25, 0.3) is 0 Å². The second-order valence-corrected chi connectivity index (χ2v) is 12.6. The van der Waals surface area contributed by atoms with Crippen LogP contribution in [0.25, 0.3) is 0 Å². The first-order valence-corrected chi connectivity index (χ1v) is 10.5. The highest BCUT2D eigenvalue weighted by Gasteiger charge is 2.37. The van der Waals surface area contributed by atoms with Crippen LogP contribution < -0.4 is 0 Å². The Balaban J connectivity index is 2.34. The number of aliphatic hydroxyl groups is 1. The molecule has 0 bridgehead atoms.